The van der Waals surface area contributed by atoms with Gasteiger partial charge in [0.2, 0.25) is 0 Å². The van der Waals surface area contributed by atoms with Gasteiger partial charge >= 0.3 is 0 Å². The summed E-state index contributed by atoms with van der Waals surface area (Å²) in [5.74, 6) is 0. The summed E-state index contributed by atoms with van der Waals surface area (Å²) in [5.41, 5.74) is 4.54. The molecule has 0 fully saturated rings. The van der Waals surface area contributed by atoms with Crippen molar-refractivity contribution in [2.45, 2.75) is 48.0 Å². The minimum atomic E-state index is 1.05. The van der Waals surface area contributed by atoms with Gasteiger partial charge in [-0.2, -0.15) is 0 Å². The number of hydrogen-bond donors (Lipinski definition) is 1. The molecule has 2 nitrogen and oxygen atoms in total. The molecule has 0 unspecified atom stereocenters. The molecule has 0 spiro atoms. The number of aromatic amines is 1. The number of nitrogens with zero attached hydrogens (tertiary/aromatic N) is 1. The lowest BCUT2D eigenvalue weighted by atomic mass is 10.3. The van der Waals surface area contributed by atoms with Crippen molar-refractivity contribution >= 4 is 11.0 Å². The summed E-state index contributed by atoms with van der Waals surface area (Å²) in [6.07, 6.45) is 3.13. The summed E-state index contributed by atoms with van der Waals surface area (Å²) in [4.78, 5) is 7.51. The van der Waals surface area contributed by atoms with Crippen LogP contribution in [0.3, 0.4) is 0 Å². The number of H-pyrrole nitrogens is 1. The first-order valence-corrected chi connectivity index (χ1v) is 6.09. The summed E-state index contributed by atoms with van der Waals surface area (Å²) >= 11 is 0. The fraction of sp³-hybridized carbons (Fsp3) is 0.500. The summed E-state index contributed by atoms with van der Waals surface area (Å²) in [5, 5.41) is 0. The van der Waals surface area contributed by atoms with Crippen molar-refractivity contribution in [3.8, 4) is 0 Å². The number of fused-ring (bicyclic) bond motifs is 1. The number of pyridine rings is 1. The lowest BCUT2D eigenvalue weighted by molar-refractivity contribution is 1.09. The summed E-state index contributed by atoms with van der Waals surface area (Å²) in [7, 11) is 0. The zero-order valence-corrected chi connectivity index (χ0v) is 11.4. The van der Waals surface area contributed by atoms with Gasteiger partial charge in [-0.25, -0.2) is 0 Å². The number of rotatable bonds is 0. The maximum absolute atomic E-state index is 4.27. The van der Waals surface area contributed by atoms with Crippen LogP contribution in [0.2, 0.25) is 0 Å². The largest absolute Gasteiger partial charge is 0.357 e. The molecule has 2 heteroatoms. The van der Waals surface area contributed by atoms with Crippen LogP contribution in [0.15, 0.2) is 18.3 Å². The van der Waals surface area contributed by atoms with Crippen LogP contribution in [-0.4, -0.2) is 9.97 Å². The highest BCUT2D eigenvalue weighted by atomic mass is 14.8. The molecule has 0 atom stereocenters. The topological polar surface area (TPSA) is 28.7 Å². The molecular formula is C14H24N2. The Morgan fingerprint density at radius 1 is 1.12 bits per heavy atom. The molecule has 0 saturated carbocycles. The normalized spacial score (nSPS) is 8.88. The molecule has 0 aliphatic heterocycles. The first-order valence-electron chi connectivity index (χ1n) is 6.09. The van der Waals surface area contributed by atoms with E-state index in [0.717, 1.165) is 16.7 Å². The predicted molar refractivity (Wildman–Crippen MR) is 72.9 cm³/mol. The van der Waals surface area contributed by atoms with Crippen LogP contribution in [-0.2, 0) is 0 Å². The van der Waals surface area contributed by atoms with E-state index in [4.69, 9.17) is 0 Å². The summed E-state index contributed by atoms with van der Waals surface area (Å²) < 4.78 is 0. The maximum Gasteiger partial charge on any atom is 0.0881 e. The molecule has 2 aromatic rings. The molecule has 1 N–H and O–H groups in total. The predicted octanol–water partition coefficient (Wildman–Crippen LogP) is 4.62. The zero-order valence-electron chi connectivity index (χ0n) is 11.4. The van der Waals surface area contributed by atoms with E-state index in [1.165, 1.54) is 12.0 Å². The Bertz CT molecular complexity index is 402. The highest BCUT2D eigenvalue weighted by molar-refractivity contribution is 5.76. The van der Waals surface area contributed by atoms with Crippen LogP contribution in [0.1, 0.15) is 45.4 Å². The molecule has 0 amide bonds. The standard InChI is InChI=1S/C9H10N2.C3H8.C2H6/c1-6-3-9-8(10-5-6)4-7(2)11-9;1-3-2;1-2/h3-5,11H,1-2H3;3H2,1-2H3;1-2H3. The fourth-order valence-electron chi connectivity index (χ4n) is 1.25. The van der Waals surface area contributed by atoms with Gasteiger partial charge in [0.1, 0.15) is 0 Å². The van der Waals surface area contributed by atoms with Crippen molar-refractivity contribution in [1.29, 1.82) is 0 Å². The third-order valence-electron chi connectivity index (χ3n) is 1.74. The quantitative estimate of drug-likeness (QED) is 0.689. The van der Waals surface area contributed by atoms with Crippen molar-refractivity contribution in [3.63, 3.8) is 0 Å². The highest BCUT2D eigenvalue weighted by Gasteiger charge is 1.96. The van der Waals surface area contributed by atoms with E-state index in [1.54, 1.807) is 0 Å². The maximum atomic E-state index is 4.27. The van der Waals surface area contributed by atoms with Crippen LogP contribution in [0, 0.1) is 13.8 Å². The molecule has 0 saturated heterocycles. The third-order valence-corrected chi connectivity index (χ3v) is 1.74. The number of hydrogen-bond acceptors (Lipinski definition) is 1. The van der Waals surface area contributed by atoms with E-state index in [2.05, 4.69) is 35.9 Å². The number of nitrogens with one attached hydrogen (secondary N) is 1. The van der Waals surface area contributed by atoms with Gasteiger partial charge in [-0.05, 0) is 31.5 Å². The molecule has 90 valence electrons. The second-order valence-corrected chi connectivity index (χ2v) is 3.60. The van der Waals surface area contributed by atoms with E-state index in [1.807, 2.05) is 33.9 Å². The Morgan fingerprint density at radius 3 is 2.25 bits per heavy atom. The fourth-order valence-corrected chi connectivity index (χ4v) is 1.25. The monoisotopic (exact) mass is 220 g/mol. The Kier molecular flexibility index (Phi) is 7.27. The van der Waals surface area contributed by atoms with Gasteiger partial charge in [0.15, 0.2) is 0 Å². The highest BCUT2D eigenvalue weighted by Crippen LogP contribution is 2.12. The molecule has 0 aliphatic rings. The SMILES string of the molecule is CC.CCC.Cc1cnc2cc(C)[nH]c2c1. The molecule has 0 aliphatic carbocycles. The number of aryl methyl sites for hydroxylation is 2. The smallest absolute Gasteiger partial charge is 0.0881 e. The molecule has 16 heavy (non-hydrogen) atoms. The number of aromatic nitrogens is 2. The van der Waals surface area contributed by atoms with Gasteiger partial charge in [-0.15, -0.1) is 0 Å². The van der Waals surface area contributed by atoms with Crippen LogP contribution in [0.4, 0.5) is 0 Å². The van der Waals surface area contributed by atoms with Crippen molar-refractivity contribution in [2.75, 3.05) is 0 Å². The van der Waals surface area contributed by atoms with Crippen molar-refractivity contribution in [2.24, 2.45) is 0 Å². The lowest BCUT2D eigenvalue weighted by Crippen LogP contribution is -1.76. The van der Waals surface area contributed by atoms with Crippen LogP contribution in [0.5, 0.6) is 0 Å². The molecule has 2 aromatic heterocycles. The second kappa shape index (κ2) is 7.91. The van der Waals surface area contributed by atoms with E-state index in [9.17, 15) is 0 Å². The molecule has 0 aromatic carbocycles. The lowest BCUT2D eigenvalue weighted by Gasteiger charge is -1.89. The second-order valence-electron chi connectivity index (χ2n) is 3.60. The van der Waals surface area contributed by atoms with Crippen molar-refractivity contribution in [1.82, 2.24) is 9.97 Å². The van der Waals surface area contributed by atoms with Gasteiger partial charge < -0.3 is 4.98 Å². The molecule has 0 bridgehead atoms. The van der Waals surface area contributed by atoms with Gasteiger partial charge in [0.05, 0.1) is 11.0 Å². The van der Waals surface area contributed by atoms with Gasteiger partial charge in [-0.1, -0.05) is 34.1 Å². The van der Waals surface area contributed by atoms with Gasteiger partial charge in [0, 0.05) is 11.9 Å². The Balaban J connectivity index is 0.000000394. The van der Waals surface area contributed by atoms with Crippen molar-refractivity contribution < 1.29 is 0 Å². The van der Waals surface area contributed by atoms with E-state index in [-0.39, 0.29) is 0 Å². The average Bonchev–Trinajstić information content (AvgIpc) is 2.61. The van der Waals surface area contributed by atoms with Crippen molar-refractivity contribution in [3.05, 3.63) is 29.6 Å². The Labute approximate surface area is 99.1 Å². The van der Waals surface area contributed by atoms with E-state index >= 15 is 0 Å². The minimum Gasteiger partial charge on any atom is -0.357 e. The summed E-state index contributed by atoms with van der Waals surface area (Å²) in [6, 6.07) is 4.16. The van der Waals surface area contributed by atoms with Crippen LogP contribution < -0.4 is 0 Å². The van der Waals surface area contributed by atoms with Crippen LogP contribution >= 0.6 is 0 Å². The Hall–Kier alpha value is -1.31. The molecular weight excluding hydrogens is 196 g/mol. The van der Waals surface area contributed by atoms with E-state index in [0.29, 0.717) is 0 Å². The Morgan fingerprint density at radius 2 is 1.69 bits per heavy atom. The van der Waals surface area contributed by atoms with Gasteiger partial charge in [0.25, 0.3) is 0 Å². The van der Waals surface area contributed by atoms with Gasteiger partial charge in [-0.3, -0.25) is 4.98 Å². The first-order chi connectivity index (χ1) is 7.67. The van der Waals surface area contributed by atoms with Crippen LogP contribution in [0.25, 0.3) is 11.0 Å². The minimum absolute atomic E-state index is 1.05. The zero-order chi connectivity index (χ0) is 12.6. The summed E-state index contributed by atoms with van der Waals surface area (Å²) in [6.45, 7) is 12.3. The first kappa shape index (κ1) is 14.7. The molecule has 2 heterocycles. The average molecular weight is 220 g/mol. The molecule has 0 radical (unpaired) electrons. The molecule has 2 rings (SSSR count). The van der Waals surface area contributed by atoms with E-state index < -0.39 is 0 Å². The third kappa shape index (κ3) is 4.47.